The van der Waals surface area contributed by atoms with Crippen LogP contribution in [0.5, 0.6) is 5.75 Å². The van der Waals surface area contributed by atoms with Gasteiger partial charge in [-0.25, -0.2) is 4.98 Å². The monoisotopic (exact) mass is 459 g/mol. The van der Waals surface area contributed by atoms with Crippen LogP contribution in [-0.4, -0.2) is 46.4 Å². The topological polar surface area (TPSA) is 76.1 Å². The number of anilines is 2. The molecule has 1 amide bonds. The highest BCUT2D eigenvalue weighted by Gasteiger charge is 2.49. The normalized spacial score (nSPS) is 26.1. The van der Waals surface area contributed by atoms with Crippen molar-refractivity contribution in [3.63, 3.8) is 0 Å². The van der Waals surface area contributed by atoms with E-state index in [9.17, 15) is 4.79 Å². The molecule has 1 aliphatic carbocycles. The summed E-state index contributed by atoms with van der Waals surface area (Å²) < 4.78 is 7.79. The summed E-state index contributed by atoms with van der Waals surface area (Å²) in [5.74, 6) is 0.678. The van der Waals surface area contributed by atoms with Crippen molar-refractivity contribution < 1.29 is 9.53 Å². The lowest BCUT2D eigenvalue weighted by molar-refractivity contribution is -0.120. The number of likely N-dealkylation sites (tertiary alicyclic amines) is 1. The van der Waals surface area contributed by atoms with Gasteiger partial charge in [0.1, 0.15) is 11.4 Å². The van der Waals surface area contributed by atoms with E-state index in [-0.39, 0.29) is 12.5 Å². The number of nitrogen functional groups attached to an aromatic ring is 1. The molecule has 6 rings (SSSR count). The van der Waals surface area contributed by atoms with Gasteiger partial charge in [-0.2, -0.15) is 0 Å². The van der Waals surface area contributed by atoms with Gasteiger partial charge < -0.3 is 19.8 Å². The Hall–Kier alpha value is -3.06. The van der Waals surface area contributed by atoms with Crippen LogP contribution in [-0.2, 0) is 11.3 Å². The molecule has 2 atom stereocenters. The Labute approximate surface area is 200 Å². The Bertz CT molecular complexity index is 1310. The number of pyridine rings is 1. The van der Waals surface area contributed by atoms with Crippen molar-refractivity contribution in [3.8, 4) is 17.0 Å². The van der Waals surface area contributed by atoms with Gasteiger partial charge in [-0.1, -0.05) is 20.8 Å². The first-order chi connectivity index (χ1) is 16.1. The van der Waals surface area contributed by atoms with Crippen molar-refractivity contribution in [2.75, 3.05) is 30.8 Å². The predicted octanol–water partition coefficient (Wildman–Crippen LogP) is 4.34. The van der Waals surface area contributed by atoms with Gasteiger partial charge in [-0.3, -0.25) is 9.69 Å². The minimum Gasteiger partial charge on any atom is -0.482 e. The van der Waals surface area contributed by atoms with Gasteiger partial charge in [0.15, 0.2) is 6.61 Å². The first-order valence-electron chi connectivity index (χ1n) is 12.2. The van der Waals surface area contributed by atoms with Crippen LogP contribution in [0.2, 0.25) is 0 Å². The Morgan fingerprint density at radius 3 is 2.82 bits per heavy atom. The van der Waals surface area contributed by atoms with Gasteiger partial charge in [-0.05, 0) is 60.4 Å². The van der Waals surface area contributed by atoms with Gasteiger partial charge >= 0.3 is 0 Å². The number of hydrogen-bond donors (Lipinski definition) is 1. The minimum absolute atomic E-state index is 0.0483. The molecule has 0 spiro atoms. The number of fused-ring (bicyclic) bond motifs is 4. The smallest absolute Gasteiger partial charge is 0.264 e. The molecule has 7 nitrogen and oxygen atoms in total. The van der Waals surface area contributed by atoms with E-state index in [0.717, 1.165) is 52.8 Å². The Morgan fingerprint density at radius 1 is 1.18 bits per heavy atom. The second-order valence-corrected chi connectivity index (χ2v) is 11.6. The second kappa shape index (κ2) is 7.22. The summed E-state index contributed by atoms with van der Waals surface area (Å²) in [4.78, 5) is 21.6. The fourth-order valence-corrected chi connectivity index (χ4v) is 6.87. The number of hydrogen-bond acceptors (Lipinski definition) is 5. The van der Waals surface area contributed by atoms with E-state index in [1.165, 1.54) is 19.3 Å². The summed E-state index contributed by atoms with van der Waals surface area (Å²) >= 11 is 0. The molecular formula is C27H33N5O2. The second-order valence-electron chi connectivity index (χ2n) is 11.6. The number of ether oxygens (including phenoxy) is 1. The molecule has 2 fully saturated rings. The summed E-state index contributed by atoms with van der Waals surface area (Å²) in [5.41, 5.74) is 12.4. The lowest BCUT2D eigenvalue weighted by Crippen LogP contribution is -2.35. The molecule has 2 bridgehead atoms. The van der Waals surface area contributed by atoms with Crippen molar-refractivity contribution in [1.29, 1.82) is 0 Å². The van der Waals surface area contributed by atoms with Crippen LogP contribution in [0.15, 0.2) is 36.5 Å². The first-order valence-corrected chi connectivity index (χ1v) is 12.2. The summed E-state index contributed by atoms with van der Waals surface area (Å²) in [5, 5.41) is 0. The lowest BCUT2D eigenvalue weighted by atomic mass is 9.65. The van der Waals surface area contributed by atoms with Crippen LogP contribution in [0.4, 0.5) is 11.4 Å². The highest BCUT2D eigenvalue weighted by atomic mass is 16.5. The van der Waals surface area contributed by atoms with E-state index in [0.29, 0.717) is 16.9 Å². The molecule has 2 unspecified atom stereocenters. The maximum absolute atomic E-state index is 12.2. The average Bonchev–Trinajstić information content (AvgIpc) is 3.23. The number of rotatable bonds is 3. The molecule has 3 aromatic rings. The van der Waals surface area contributed by atoms with Crippen LogP contribution < -0.4 is 15.4 Å². The molecule has 3 aliphatic rings. The molecule has 2 aromatic heterocycles. The van der Waals surface area contributed by atoms with E-state index in [4.69, 9.17) is 15.5 Å². The third kappa shape index (κ3) is 3.45. The fraction of sp³-hybridized carbons (Fsp3) is 0.481. The van der Waals surface area contributed by atoms with Crippen molar-refractivity contribution in [2.24, 2.45) is 10.8 Å². The number of imidazole rings is 1. The van der Waals surface area contributed by atoms with E-state index >= 15 is 0 Å². The molecule has 1 saturated heterocycles. The third-order valence-electron chi connectivity index (χ3n) is 7.94. The molecular weight excluding hydrogens is 426 g/mol. The molecule has 2 aliphatic heterocycles. The van der Waals surface area contributed by atoms with Crippen LogP contribution in [0.1, 0.15) is 45.7 Å². The quantitative estimate of drug-likeness (QED) is 0.631. The number of nitrogens with zero attached hydrogens (tertiary/aromatic N) is 4. The zero-order valence-electron chi connectivity index (χ0n) is 20.5. The number of amides is 1. The number of aromatic nitrogens is 2. The number of benzene rings is 1. The lowest BCUT2D eigenvalue weighted by Gasteiger charge is -2.40. The average molecular weight is 460 g/mol. The zero-order valence-corrected chi connectivity index (χ0v) is 20.5. The largest absolute Gasteiger partial charge is 0.482 e. The van der Waals surface area contributed by atoms with Crippen LogP contribution in [0.25, 0.3) is 16.9 Å². The molecule has 0 radical (unpaired) electrons. The Morgan fingerprint density at radius 2 is 2.00 bits per heavy atom. The summed E-state index contributed by atoms with van der Waals surface area (Å²) in [6.45, 7) is 9.27. The zero-order chi connectivity index (χ0) is 23.8. The van der Waals surface area contributed by atoms with Crippen LogP contribution in [0, 0.1) is 10.8 Å². The highest BCUT2D eigenvalue weighted by Crippen LogP contribution is 2.53. The predicted molar refractivity (Wildman–Crippen MR) is 134 cm³/mol. The number of carbonyl (C=O) groups excluding carboxylic acids is 1. The number of nitrogens with two attached hydrogens (primary N) is 1. The van der Waals surface area contributed by atoms with E-state index in [1.807, 2.05) is 36.5 Å². The van der Waals surface area contributed by atoms with E-state index in [2.05, 4.69) is 30.1 Å². The molecule has 2 N–H and O–H groups in total. The number of likely N-dealkylation sites (N-methyl/N-ethyl adjacent to an activating group) is 1. The molecule has 1 aromatic carbocycles. The van der Waals surface area contributed by atoms with Crippen molar-refractivity contribution in [3.05, 3.63) is 42.2 Å². The van der Waals surface area contributed by atoms with Crippen molar-refractivity contribution >= 4 is 22.9 Å². The van der Waals surface area contributed by atoms with Gasteiger partial charge in [0, 0.05) is 43.6 Å². The van der Waals surface area contributed by atoms with Gasteiger partial charge in [0.25, 0.3) is 5.91 Å². The Balaban J connectivity index is 1.44. The van der Waals surface area contributed by atoms with Crippen LogP contribution >= 0.6 is 0 Å². The minimum atomic E-state index is -0.0483. The van der Waals surface area contributed by atoms with Gasteiger partial charge in [0.2, 0.25) is 0 Å². The highest BCUT2D eigenvalue weighted by molar-refractivity contribution is 5.98. The first kappa shape index (κ1) is 21.5. The van der Waals surface area contributed by atoms with Gasteiger partial charge in [0.05, 0.1) is 17.1 Å². The fourth-order valence-electron chi connectivity index (χ4n) is 6.87. The number of carbonyl (C=O) groups is 1. The SMILES string of the molecule is CN1C(=O)COc2ccc(-c3nc4ccc(N)cn4c3CN3CC4(C)CC3CC(C)(C)C4)cc21. The summed E-state index contributed by atoms with van der Waals surface area (Å²) in [7, 11) is 1.80. The molecule has 7 heteroatoms. The molecule has 4 heterocycles. The standard InChI is InChI=1S/C27H33N5O2/c1-26(2)10-19-11-27(3,15-26)16-31(19)13-21-25(29-23-8-6-18(28)12-32(21)23)17-5-7-22-20(9-17)30(4)24(33)14-34-22/h5-9,12,19H,10-11,13-16,28H2,1-4H3. The molecule has 1 saturated carbocycles. The summed E-state index contributed by atoms with van der Waals surface area (Å²) in [6.07, 6.45) is 5.73. The maximum Gasteiger partial charge on any atom is 0.264 e. The van der Waals surface area contributed by atoms with Crippen molar-refractivity contribution in [1.82, 2.24) is 14.3 Å². The van der Waals surface area contributed by atoms with E-state index < -0.39 is 0 Å². The summed E-state index contributed by atoms with van der Waals surface area (Å²) in [6, 6.07) is 10.5. The molecule has 34 heavy (non-hydrogen) atoms. The van der Waals surface area contributed by atoms with Gasteiger partial charge in [-0.15, -0.1) is 0 Å². The molecule has 178 valence electrons. The maximum atomic E-state index is 12.2. The Kier molecular flexibility index (Phi) is 4.56. The van der Waals surface area contributed by atoms with Crippen molar-refractivity contribution in [2.45, 2.75) is 52.6 Å². The third-order valence-corrected chi connectivity index (χ3v) is 7.94. The van der Waals surface area contributed by atoms with Crippen LogP contribution in [0.3, 0.4) is 0 Å². The van der Waals surface area contributed by atoms with E-state index in [1.54, 1.807) is 11.9 Å².